The molecule has 2 heterocycles. The van der Waals surface area contributed by atoms with Crippen molar-refractivity contribution >= 4 is 94.4 Å². The third-order valence-corrected chi connectivity index (χ3v) is 20.5. The molecule has 13 N–H and O–H groups in total. The fourth-order valence-electron chi connectivity index (χ4n) is 13.9. The fourth-order valence-corrected chi connectivity index (χ4v) is 13.9. The molecule has 2 aliphatic heterocycles. The Balaban J connectivity index is 1.35. The number of ketones is 1. The van der Waals surface area contributed by atoms with Crippen LogP contribution in [0.25, 0.3) is 0 Å². The number of benzene rings is 2. The first kappa shape index (κ1) is 95.3. The zero-order valence-electron chi connectivity index (χ0n) is 69.8. The SMILES string of the molecule is CCC[C@H](NC(=O)C(CCCCN=C(CC(C)C)C1=C(O)CC(C)(C)CC1=O)NC(=O)[C@H](CCC(=O)NC(c1ccccc1)c1ccccc1)NC(=O)[C@H](C)NC(=O)OC(C)(C)C)C(=O)N[C@@H](C)C(=O)N[C@H](C(=O)NC(CC)C(=O)N1CCC[C@H]1C(=O)N1CCC[C@H]1C(=O)N[C@@H](CC)C(=O)N[C@@H](C)C(=O)N[C@@H](C)C(=O)O)C(C)CC. The Morgan fingerprint density at radius 1 is 0.539 bits per heavy atom. The van der Waals surface area contributed by atoms with Crippen molar-refractivity contribution in [1.82, 2.24) is 68.3 Å². The first-order chi connectivity index (χ1) is 54.1. The lowest BCUT2D eigenvalue weighted by Crippen LogP contribution is -2.61. The molecule has 0 radical (unpaired) electrons. The van der Waals surface area contributed by atoms with Crippen LogP contribution >= 0.6 is 0 Å². The van der Waals surface area contributed by atoms with Crippen molar-refractivity contribution in [3.63, 3.8) is 0 Å². The highest BCUT2D eigenvalue weighted by Crippen LogP contribution is 2.37. The van der Waals surface area contributed by atoms with Crippen LogP contribution in [0.4, 0.5) is 4.79 Å². The molecule has 32 nitrogen and oxygen atoms in total. The Kier molecular flexibility index (Phi) is 37.4. The summed E-state index contributed by atoms with van der Waals surface area (Å²) in [4.78, 5) is 216. The van der Waals surface area contributed by atoms with E-state index in [2.05, 4.69) is 58.5 Å². The number of aliphatic carboxylic acids is 1. The molecule has 32 heteroatoms. The van der Waals surface area contributed by atoms with Crippen molar-refractivity contribution in [2.24, 2.45) is 22.2 Å². The Morgan fingerprint density at radius 2 is 1.03 bits per heavy atom. The summed E-state index contributed by atoms with van der Waals surface area (Å²) in [5.41, 5.74) is 0.793. The van der Waals surface area contributed by atoms with Crippen LogP contribution in [0.5, 0.6) is 0 Å². The average molecular weight is 1610 g/mol. The van der Waals surface area contributed by atoms with Crippen LogP contribution in [0.2, 0.25) is 0 Å². The maximum atomic E-state index is 15.0. The number of nitrogens with zero attached hydrogens (tertiary/aromatic N) is 3. The van der Waals surface area contributed by atoms with Gasteiger partial charge in [-0.1, -0.05) is 136 Å². The molecular weight excluding hydrogens is 1480 g/mol. The molecule has 5 rings (SSSR count). The number of carbonyl (C=O) groups is 15. The number of aliphatic imine (C=N–C) groups is 1. The van der Waals surface area contributed by atoms with Gasteiger partial charge < -0.3 is 83.2 Å². The van der Waals surface area contributed by atoms with Crippen LogP contribution < -0.4 is 58.5 Å². The number of aliphatic hydroxyl groups is 1. The largest absolute Gasteiger partial charge is 0.511 e. The number of aliphatic hydroxyl groups excluding tert-OH is 1. The summed E-state index contributed by atoms with van der Waals surface area (Å²) in [5.74, 6) is -10.6. The zero-order chi connectivity index (χ0) is 85.8. The molecule has 13 atom stereocenters. The highest BCUT2D eigenvalue weighted by molar-refractivity contribution is 6.23. The van der Waals surface area contributed by atoms with Crippen molar-refractivity contribution in [3.8, 4) is 0 Å². The minimum absolute atomic E-state index is 0.0200. The summed E-state index contributed by atoms with van der Waals surface area (Å²) in [7, 11) is 0. The van der Waals surface area contributed by atoms with Crippen molar-refractivity contribution in [2.45, 2.75) is 304 Å². The second-order valence-electron chi connectivity index (χ2n) is 32.6. The molecule has 2 saturated heterocycles. The first-order valence-corrected chi connectivity index (χ1v) is 40.6. The first-order valence-electron chi connectivity index (χ1n) is 40.6. The second-order valence-corrected chi connectivity index (χ2v) is 32.6. The van der Waals surface area contributed by atoms with Gasteiger partial charge in [0.1, 0.15) is 83.9 Å². The number of carboxylic acid groups (broad SMARTS) is 1. The molecule has 2 aromatic carbocycles. The highest BCUT2D eigenvalue weighted by atomic mass is 16.6. The number of rotatable bonds is 42. The van der Waals surface area contributed by atoms with E-state index in [9.17, 15) is 82.1 Å². The summed E-state index contributed by atoms with van der Waals surface area (Å²) in [5, 5.41) is 49.8. The third kappa shape index (κ3) is 29.5. The monoisotopic (exact) mass is 1610 g/mol. The molecule has 636 valence electrons. The van der Waals surface area contributed by atoms with Gasteiger partial charge in [0.25, 0.3) is 0 Å². The number of amides is 13. The number of ether oxygens (including phenoxy) is 1. The zero-order valence-corrected chi connectivity index (χ0v) is 69.8. The van der Waals surface area contributed by atoms with Gasteiger partial charge in [0.05, 0.1) is 11.6 Å². The average Bonchev–Trinajstić information content (AvgIpc) is 1.77. The number of hydrogen-bond donors (Lipinski definition) is 13. The Hall–Kier alpha value is -10.3. The van der Waals surface area contributed by atoms with Crippen molar-refractivity contribution < 1.29 is 86.9 Å². The number of carboxylic acids is 1. The van der Waals surface area contributed by atoms with Gasteiger partial charge in [-0.3, -0.25) is 72.1 Å². The van der Waals surface area contributed by atoms with Crippen molar-refractivity contribution in [1.29, 1.82) is 0 Å². The Morgan fingerprint density at radius 3 is 1.56 bits per heavy atom. The number of nitrogens with one attached hydrogen (secondary N) is 11. The normalized spacial score (nSPS) is 18.5. The minimum Gasteiger partial charge on any atom is -0.511 e. The van der Waals surface area contributed by atoms with Crippen LogP contribution in [-0.4, -0.2) is 212 Å². The smallest absolute Gasteiger partial charge is 0.408 e. The van der Waals surface area contributed by atoms with Gasteiger partial charge in [-0.15, -0.1) is 0 Å². The van der Waals surface area contributed by atoms with E-state index in [1.807, 2.05) is 88.4 Å². The van der Waals surface area contributed by atoms with Crippen LogP contribution in [-0.2, 0) is 71.9 Å². The minimum atomic E-state index is -1.52. The van der Waals surface area contributed by atoms with E-state index in [1.165, 1.54) is 37.5 Å². The molecule has 115 heavy (non-hydrogen) atoms. The van der Waals surface area contributed by atoms with E-state index in [-0.39, 0.29) is 113 Å². The van der Waals surface area contributed by atoms with Gasteiger partial charge in [0.15, 0.2) is 5.78 Å². The quantitative estimate of drug-likeness (QED) is 0.0284. The molecule has 2 fully saturated rings. The summed E-state index contributed by atoms with van der Waals surface area (Å²) >= 11 is 0. The van der Waals surface area contributed by atoms with Crippen LogP contribution in [0.3, 0.4) is 0 Å². The Labute approximate surface area is 675 Å². The highest BCUT2D eigenvalue weighted by Gasteiger charge is 2.45. The van der Waals surface area contributed by atoms with E-state index in [1.54, 1.807) is 55.4 Å². The van der Waals surface area contributed by atoms with Crippen LogP contribution in [0, 0.1) is 17.3 Å². The van der Waals surface area contributed by atoms with E-state index in [4.69, 9.17) is 9.73 Å². The van der Waals surface area contributed by atoms with Crippen molar-refractivity contribution in [3.05, 3.63) is 83.1 Å². The molecule has 0 spiro atoms. The number of allylic oxidation sites excluding steroid dienone is 2. The van der Waals surface area contributed by atoms with Gasteiger partial charge in [-0.2, -0.15) is 0 Å². The topological polar surface area (TPSA) is 457 Å². The summed E-state index contributed by atoms with van der Waals surface area (Å²) in [6.45, 7) is 27.0. The molecular formula is C83H126N14O18. The standard InChI is InChI=1S/C83H126N14O18/c1-17-31-57(73(105)86-50(9)71(103)95-67(48(7)18-2)77(109)90-56(20-4)78(110)97-43-30-38-62(97)79(111)96-42-29-37-61(96)76(108)89-55(19-3)72(104)85-49(8)69(101)87-52(11)80(112)113)92-74(106)58(36-27-28-41-84-60(44-47(5)6)66-63(98)45-83(15,16)46-64(66)99)93-75(107)59(91-70(102)51(10)88-81(114)115-82(12,13)14)39-40-65(100)94-68(53-32-23-21-24-33-53)54-34-25-22-26-35-54/h21-26,32-35,47-52,55-59,61-62,67-68,98H,17-20,27-31,36-46H2,1-16H3,(H,85,104)(H,86,105)(H,87,101)(H,88,114)(H,89,108)(H,90,109)(H,91,102)(H,92,106)(H,93,107)(H,94,100)(H,95,103)(H,112,113)/t48?,49-,50-,51-,52-,55-,56?,57-,58?,59-,61-,62-,67-/m0/s1. The maximum absolute atomic E-state index is 15.0. The molecule has 1 aliphatic carbocycles. The number of alkyl carbamates (subject to hydrolysis) is 1. The van der Waals surface area contributed by atoms with Gasteiger partial charge in [-0.05, 0) is 154 Å². The van der Waals surface area contributed by atoms with E-state index < -0.39 is 178 Å². The van der Waals surface area contributed by atoms with Gasteiger partial charge in [0.2, 0.25) is 70.9 Å². The molecule has 3 unspecified atom stereocenters. The maximum Gasteiger partial charge on any atom is 0.408 e. The van der Waals surface area contributed by atoms with Crippen LogP contribution in [0.15, 0.2) is 77.0 Å². The summed E-state index contributed by atoms with van der Waals surface area (Å²) < 4.78 is 5.38. The third-order valence-electron chi connectivity index (χ3n) is 20.5. The van der Waals surface area contributed by atoms with Crippen LogP contribution in [0.1, 0.15) is 237 Å². The van der Waals surface area contributed by atoms with E-state index >= 15 is 0 Å². The number of unbranched alkanes of at least 4 members (excludes halogenated alkanes) is 1. The van der Waals surface area contributed by atoms with Gasteiger partial charge >= 0.3 is 12.1 Å². The number of Topliss-reactive ketones (excluding diaryl/α,β-unsaturated/α-hetero) is 1. The summed E-state index contributed by atoms with van der Waals surface area (Å²) in [6, 6.07) is 2.89. The van der Waals surface area contributed by atoms with E-state index in [0.29, 0.717) is 44.2 Å². The predicted molar refractivity (Wildman–Crippen MR) is 431 cm³/mol. The fraction of sp³-hybridized carbons (Fsp3) is 0.639. The number of hydrogen-bond acceptors (Lipinski definition) is 18. The lowest BCUT2D eigenvalue weighted by atomic mass is 9.75. The lowest BCUT2D eigenvalue weighted by Gasteiger charge is -2.34. The molecule has 0 bridgehead atoms. The number of carbonyl (C=O) groups excluding carboxylic acids is 14. The molecule has 3 aliphatic rings. The summed E-state index contributed by atoms with van der Waals surface area (Å²) in [6.07, 6.45) is 1.96. The van der Waals surface area contributed by atoms with E-state index in [0.717, 1.165) is 11.1 Å². The lowest BCUT2D eigenvalue weighted by molar-refractivity contribution is -0.148. The molecule has 2 aromatic rings. The van der Waals surface area contributed by atoms with Gasteiger partial charge in [-0.25, -0.2) is 4.79 Å². The molecule has 13 amide bonds. The molecule has 0 aromatic heterocycles. The predicted octanol–water partition coefficient (Wildman–Crippen LogP) is 5.60. The number of likely N-dealkylation sites (tertiary alicyclic amines) is 2. The van der Waals surface area contributed by atoms with Gasteiger partial charge in [0, 0.05) is 44.6 Å². The molecule has 0 saturated carbocycles. The second kappa shape index (κ2) is 45.1. The van der Waals surface area contributed by atoms with Crippen molar-refractivity contribution in [2.75, 3.05) is 19.6 Å². The Bertz CT molecular complexity index is 3770.